The fourth-order valence-electron chi connectivity index (χ4n) is 1.88. The minimum atomic E-state index is -0.713. The van der Waals surface area contributed by atoms with Crippen molar-refractivity contribution in [3.8, 4) is 11.5 Å². The van der Waals surface area contributed by atoms with Gasteiger partial charge in [-0.05, 0) is 13.0 Å². The lowest BCUT2D eigenvalue weighted by atomic mass is 9.88. The van der Waals surface area contributed by atoms with E-state index in [2.05, 4.69) is 0 Å². The summed E-state index contributed by atoms with van der Waals surface area (Å²) in [5, 5.41) is 9.98. The number of carbonyl (C=O) groups excluding carboxylic acids is 2. The van der Waals surface area contributed by atoms with Gasteiger partial charge in [-0.15, -0.1) is 0 Å². The summed E-state index contributed by atoms with van der Waals surface area (Å²) in [6.45, 7) is 1.40. The van der Waals surface area contributed by atoms with Crippen LogP contribution in [-0.2, 0) is 4.79 Å². The maximum Gasteiger partial charge on any atom is 0.234 e. The Morgan fingerprint density at radius 2 is 1.72 bits per heavy atom. The maximum absolute atomic E-state index is 11.9. The summed E-state index contributed by atoms with van der Waals surface area (Å²) in [5.41, 5.74) is 0.357. The van der Waals surface area contributed by atoms with Crippen LogP contribution in [0.25, 0.3) is 5.76 Å². The standard InChI is InChI=1S/C13H12O5/c1-6-11(14)10-8(13(16)12(6)15)4-7(17-2)5-9(10)18-3/h4-5,14H,1-3H3. The Morgan fingerprint density at radius 1 is 1.06 bits per heavy atom. The third-order valence-electron chi connectivity index (χ3n) is 2.91. The van der Waals surface area contributed by atoms with Crippen molar-refractivity contribution in [2.24, 2.45) is 0 Å². The van der Waals surface area contributed by atoms with Gasteiger partial charge in [0, 0.05) is 17.2 Å². The summed E-state index contributed by atoms with van der Waals surface area (Å²) in [5.74, 6) is -0.928. The Morgan fingerprint density at radius 3 is 2.28 bits per heavy atom. The SMILES string of the molecule is COc1cc(OC)c2c(c1)C(=O)C(=O)C(C)=C2O. The highest BCUT2D eigenvalue weighted by atomic mass is 16.5. The normalized spacial score (nSPS) is 14.6. The fourth-order valence-corrected chi connectivity index (χ4v) is 1.88. The number of rotatable bonds is 2. The highest BCUT2D eigenvalue weighted by molar-refractivity contribution is 6.52. The molecule has 1 aliphatic rings. The van der Waals surface area contributed by atoms with Crippen LogP contribution in [0.3, 0.4) is 0 Å². The summed E-state index contributed by atoms with van der Waals surface area (Å²) in [4.78, 5) is 23.6. The lowest BCUT2D eigenvalue weighted by molar-refractivity contribution is -0.111. The molecule has 0 bridgehead atoms. The van der Waals surface area contributed by atoms with Crippen molar-refractivity contribution < 1.29 is 24.2 Å². The van der Waals surface area contributed by atoms with Gasteiger partial charge in [-0.25, -0.2) is 0 Å². The van der Waals surface area contributed by atoms with Crippen molar-refractivity contribution >= 4 is 17.3 Å². The topological polar surface area (TPSA) is 72.8 Å². The number of hydrogen-bond acceptors (Lipinski definition) is 5. The molecule has 0 aromatic heterocycles. The first-order valence-electron chi connectivity index (χ1n) is 5.26. The average Bonchev–Trinajstić information content (AvgIpc) is 2.41. The largest absolute Gasteiger partial charge is 0.507 e. The highest BCUT2D eigenvalue weighted by Gasteiger charge is 2.33. The number of methoxy groups -OCH3 is 2. The van der Waals surface area contributed by atoms with E-state index >= 15 is 0 Å². The molecule has 94 valence electrons. The van der Waals surface area contributed by atoms with Crippen LogP contribution in [0.15, 0.2) is 17.7 Å². The number of hydrogen-bond donors (Lipinski definition) is 1. The molecule has 0 unspecified atom stereocenters. The predicted molar refractivity (Wildman–Crippen MR) is 64.1 cm³/mol. The number of aliphatic hydroxyl groups is 1. The number of Topliss-reactive ketones (excluding diaryl/α,β-unsaturated/α-hetero) is 2. The first kappa shape index (κ1) is 12.2. The minimum absolute atomic E-state index is 0.0240. The van der Waals surface area contributed by atoms with Crippen LogP contribution in [0, 0.1) is 0 Å². The van der Waals surface area contributed by atoms with E-state index < -0.39 is 11.6 Å². The van der Waals surface area contributed by atoms with E-state index in [4.69, 9.17) is 9.47 Å². The molecule has 0 atom stereocenters. The molecular weight excluding hydrogens is 236 g/mol. The molecule has 1 N–H and O–H groups in total. The van der Waals surface area contributed by atoms with E-state index in [1.807, 2.05) is 0 Å². The number of benzene rings is 1. The van der Waals surface area contributed by atoms with Crippen LogP contribution in [0.1, 0.15) is 22.8 Å². The van der Waals surface area contributed by atoms with Crippen LogP contribution in [0.5, 0.6) is 11.5 Å². The van der Waals surface area contributed by atoms with Crippen LogP contribution >= 0.6 is 0 Å². The Labute approximate surface area is 104 Å². The number of allylic oxidation sites excluding steroid dienone is 1. The molecule has 0 saturated carbocycles. The fraction of sp³-hybridized carbons (Fsp3) is 0.231. The highest BCUT2D eigenvalue weighted by Crippen LogP contribution is 2.37. The Bertz CT molecular complexity index is 583. The maximum atomic E-state index is 11.9. The first-order valence-corrected chi connectivity index (χ1v) is 5.26. The van der Waals surface area contributed by atoms with Gasteiger partial charge < -0.3 is 14.6 Å². The lowest BCUT2D eigenvalue weighted by Crippen LogP contribution is -2.23. The van der Waals surface area contributed by atoms with Crippen LogP contribution < -0.4 is 9.47 Å². The van der Waals surface area contributed by atoms with Crippen molar-refractivity contribution in [2.75, 3.05) is 14.2 Å². The van der Waals surface area contributed by atoms with Crippen molar-refractivity contribution in [1.29, 1.82) is 0 Å². The second kappa shape index (κ2) is 4.18. The molecule has 0 heterocycles. The van der Waals surface area contributed by atoms with Crippen LogP contribution in [0.2, 0.25) is 0 Å². The van der Waals surface area contributed by atoms with Crippen molar-refractivity contribution in [2.45, 2.75) is 6.92 Å². The molecule has 0 radical (unpaired) electrons. The van der Waals surface area contributed by atoms with Gasteiger partial charge in [0.25, 0.3) is 0 Å². The molecule has 1 aromatic carbocycles. The number of ketones is 2. The first-order chi connectivity index (χ1) is 8.51. The monoisotopic (exact) mass is 248 g/mol. The molecule has 18 heavy (non-hydrogen) atoms. The summed E-state index contributed by atoms with van der Waals surface area (Å²) in [7, 11) is 2.86. The number of aliphatic hydroxyl groups excluding tert-OH is 1. The van der Waals surface area contributed by atoms with E-state index in [-0.39, 0.29) is 22.5 Å². The van der Waals surface area contributed by atoms with Gasteiger partial charge in [0.1, 0.15) is 17.3 Å². The van der Waals surface area contributed by atoms with Crippen molar-refractivity contribution in [3.63, 3.8) is 0 Å². The molecule has 1 aromatic rings. The molecule has 2 rings (SSSR count). The molecule has 0 amide bonds. The summed E-state index contributed by atoms with van der Waals surface area (Å²) in [6.07, 6.45) is 0. The third kappa shape index (κ3) is 1.55. The summed E-state index contributed by atoms with van der Waals surface area (Å²) >= 11 is 0. The molecule has 0 fully saturated rings. The molecule has 0 spiro atoms. The minimum Gasteiger partial charge on any atom is -0.507 e. The molecule has 1 aliphatic carbocycles. The molecule has 0 saturated heterocycles. The number of fused-ring (bicyclic) bond motifs is 1. The van der Waals surface area contributed by atoms with Crippen molar-refractivity contribution in [3.05, 3.63) is 28.8 Å². The van der Waals surface area contributed by atoms with Gasteiger partial charge in [0.15, 0.2) is 0 Å². The molecular formula is C13H12O5. The van der Waals surface area contributed by atoms with E-state index in [1.165, 1.54) is 27.2 Å². The lowest BCUT2D eigenvalue weighted by Gasteiger charge is -2.19. The smallest absolute Gasteiger partial charge is 0.234 e. The van der Waals surface area contributed by atoms with Gasteiger partial charge in [-0.1, -0.05) is 0 Å². The molecule has 5 heteroatoms. The zero-order valence-electron chi connectivity index (χ0n) is 10.2. The summed E-state index contributed by atoms with van der Waals surface area (Å²) < 4.78 is 10.1. The molecule has 0 aliphatic heterocycles. The van der Waals surface area contributed by atoms with Crippen LogP contribution in [0.4, 0.5) is 0 Å². The van der Waals surface area contributed by atoms with Gasteiger partial charge in [-0.2, -0.15) is 0 Å². The van der Waals surface area contributed by atoms with Crippen molar-refractivity contribution in [1.82, 2.24) is 0 Å². The predicted octanol–water partition coefficient (Wildman–Crippen LogP) is 1.76. The second-order valence-electron chi connectivity index (χ2n) is 3.88. The Kier molecular flexibility index (Phi) is 2.82. The van der Waals surface area contributed by atoms with Crippen LogP contribution in [-0.4, -0.2) is 30.9 Å². The van der Waals surface area contributed by atoms with E-state index in [1.54, 1.807) is 6.07 Å². The second-order valence-corrected chi connectivity index (χ2v) is 3.88. The summed E-state index contributed by atoms with van der Waals surface area (Å²) in [6, 6.07) is 2.96. The van der Waals surface area contributed by atoms with E-state index in [0.717, 1.165) is 0 Å². The average molecular weight is 248 g/mol. The quantitative estimate of drug-likeness (QED) is 0.807. The van der Waals surface area contributed by atoms with Gasteiger partial charge >= 0.3 is 0 Å². The Hall–Kier alpha value is -2.30. The molecule has 5 nitrogen and oxygen atoms in total. The van der Waals surface area contributed by atoms with Gasteiger partial charge in [-0.3, -0.25) is 9.59 Å². The van der Waals surface area contributed by atoms with Gasteiger partial charge in [0.2, 0.25) is 11.6 Å². The number of carbonyl (C=O) groups is 2. The number of ether oxygens (including phenoxy) is 2. The Balaban J connectivity index is 2.81. The zero-order chi connectivity index (χ0) is 13.4. The van der Waals surface area contributed by atoms with E-state index in [9.17, 15) is 14.7 Å². The van der Waals surface area contributed by atoms with Gasteiger partial charge in [0.05, 0.1) is 19.8 Å². The zero-order valence-corrected chi connectivity index (χ0v) is 10.2. The van der Waals surface area contributed by atoms with E-state index in [0.29, 0.717) is 11.5 Å². The third-order valence-corrected chi connectivity index (χ3v) is 2.91.